The van der Waals surface area contributed by atoms with Crippen molar-refractivity contribution in [3.63, 3.8) is 0 Å². The van der Waals surface area contributed by atoms with E-state index < -0.39 is 0 Å². The Balaban J connectivity index is 2.04. The van der Waals surface area contributed by atoms with E-state index in [4.69, 9.17) is 5.26 Å². The van der Waals surface area contributed by atoms with Crippen LogP contribution in [0.25, 0.3) is 5.69 Å². The largest absolute Gasteiger partial charge is 0.262 e. The molecule has 1 fully saturated rings. The van der Waals surface area contributed by atoms with Gasteiger partial charge in [-0.3, -0.25) is 4.98 Å². The summed E-state index contributed by atoms with van der Waals surface area (Å²) in [6.45, 7) is 0. The highest BCUT2D eigenvalue weighted by atomic mass is 15.3. The molecule has 4 nitrogen and oxygen atoms in total. The zero-order valence-corrected chi connectivity index (χ0v) is 8.67. The fraction of sp³-hybridized carbons (Fsp3) is 0.250. The van der Waals surface area contributed by atoms with E-state index in [2.05, 4.69) is 16.2 Å². The van der Waals surface area contributed by atoms with Crippen LogP contribution in [0.2, 0.25) is 0 Å². The van der Waals surface area contributed by atoms with Crippen LogP contribution in [0, 0.1) is 11.3 Å². The van der Waals surface area contributed by atoms with Crippen molar-refractivity contribution in [1.82, 2.24) is 14.8 Å². The molecule has 0 spiro atoms. The average Bonchev–Trinajstić information content (AvgIpc) is 3.07. The van der Waals surface area contributed by atoms with E-state index >= 15 is 0 Å². The Morgan fingerprint density at radius 1 is 1.38 bits per heavy atom. The third-order valence-corrected chi connectivity index (χ3v) is 2.77. The standard InChI is InChI=1S/C12H10N4/c13-7-10-3-5-14-8-12(10)16-6-4-11(15-16)9-1-2-9/h3-6,8-9H,1-2H2. The normalized spacial score (nSPS) is 14.7. The van der Waals surface area contributed by atoms with Crippen LogP contribution in [-0.4, -0.2) is 14.8 Å². The molecule has 0 amide bonds. The lowest BCUT2D eigenvalue weighted by Gasteiger charge is -2.01. The third kappa shape index (κ3) is 1.47. The highest BCUT2D eigenvalue weighted by molar-refractivity contribution is 5.46. The molecule has 3 rings (SSSR count). The summed E-state index contributed by atoms with van der Waals surface area (Å²) >= 11 is 0. The molecule has 0 aliphatic heterocycles. The van der Waals surface area contributed by atoms with Crippen molar-refractivity contribution in [3.05, 3.63) is 42.0 Å². The van der Waals surface area contributed by atoms with E-state index in [1.807, 2.05) is 12.3 Å². The summed E-state index contributed by atoms with van der Waals surface area (Å²) in [5, 5.41) is 13.5. The first-order valence-electron chi connectivity index (χ1n) is 5.28. The van der Waals surface area contributed by atoms with Crippen molar-refractivity contribution in [2.75, 3.05) is 0 Å². The van der Waals surface area contributed by atoms with E-state index in [1.165, 1.54) is 12.8 Å². The van der Waals surface area contributed by atoms with Gasteiger partial charge >= 0.3 is 0 Å². The van der Waals surface area contributed by atoms with E-state index in [1.54, 1.807) is 23.1 Å². The molecule has 2 aromatic rings. The maximum atomic E-state index is 8.99. The van der Waals surface area contributed by atoms with E-state index in [9.17, 15) is 0 Å². The minimum Gasteiger partial charge on any atom is -0.262 e. The van der Waals surface area contributed by atoms with Crippen LogP contribution >= 0.6 is 0 Å². The van der Waals surface area contributed by atoms with Gasteiger partial charge in [-0.2, -0.15) is 10.4 Å². The van der Waals surface area contributed by atoms with Gasteiger partial charge in [0.1, 0.15) is 11.8 Å². The second-order valence-corrected chi connectivity index (χ2v) is 3.96. The summed E-state index contributed by atoms with van der Waals surface area (Å²) < 4.78 is 1.74. The molecule has 0 bridgehead atoms. The van der Waals surface area contributed by atoms with Gasteiger partial charge in [-0.15, -0.1) is 0 Å². The molecule has 0 saturated heterocycles. The van der Waals surface area contributed by atoms with Crippen molar-refractivity contribution < 1.29 is 0 Å². The summed E-state index contributed by atoms with van der Waals surface area (Å²) in [6, 6.07) is 5.87. The van der Waals surface area contributed by atoms with Gasteiger partial charge in [0.15, 0.2) is 0 Å². The summed E-state index contributed by atoms with van der Waals surface area (Å²) in [5.41, 5.74) is 2.46. The molecule has 78 valence electrons. The number of nitrogens with zero attached hydrogens (tertiary/aromatic N) is 4. The molecular formula is C12H10N4. The fourth-order valence-corrected chi connectivity index (χ4v) is 1.73. The maximum absolute atomic E-state index is 8.99. The Morgan fingerprint density at radius 2 is 2.25 bits per heavy atom. The molecule has 1 saturated carbocycles. The van der Waals surface area contributed by atoms with Crippen molar-refractivity contribution in [1.29, 1.82) is 5.26 Å². The lowest BCUT2D eigenvalue weighted by molar-refractivity contribution is 0.830. The van der Waals surface area contributed by atoms with Crippen LogP contribution in [0.5, 0.6) is 0 Å². The average molecular weight is 210 g/mol. The number of hydrogen-bond donors (Lipinski definition) is 0. The fourth-order valence-electron chi connectivity index (χ4n) is 1.73. The van der Waals surface area contributed by atoms with Crippen LogP contribution in [0.3, 0.4) is 0 Å². The topological polar surface area (TPSA) is 54.5 Å². The summed E-state index contributed by atoms with van der Waals surface area (Å²) in [6.07, 6.45) is 7.64. The van der Waals surface area contributed by atoms with Crippen molar-refractivity contribution >= 4 is 0 Å². The predicted molar refractivity (Wildman–Crippen MR) is 58.0 cm³/mol. The lowest BCUT2D eigenvalue weighted by atomic mass is 10.2. The van der Waals surface area contributed by atoms with Gasteiger partial charge < -0.3 is 0 Å². The zero-order chi connectivity index (χ0) is 11.0. The minimum absolute atomic E-state index is 0.598. The van der Waals surface area contributed by atoms with Crippen molar-refractivity contribution in [3.8, 4) is 11.8 Å². The molecule has 0 aromatic carbocycles. The zero-order valence-electron chi connectivity index (χ0n) is 8.67. The van der Waals surface area contributed by atoms with Crippen LogP contribution < -0.4 is 0 Å². The highest BCUT2D eigenvalue weighted by Gasteiger charge is 2.26. The molecule has 0 N–H and O–H groups in total. The van der Waals surface area contributed by atoms with E-state index in [0.717, 1.165) is 11.4 Å². The Kier molecular flexibility index (Phi) is 1.97. The van der Waals surface area contributed by atoms with Gasteiger partial charge in [0.2, 0.25) is 0 Å². The number of aromatic nitrogens is 3. The second-order valence-electron chi connectivity index (χ2n) is 3.96. The first kappa shape index (κ1) is 9.10. The second kappa shape index (κ2) is 3.46. The first-order chi connectivity index (χ1) is 7.88. The summed E-state index contributed by atoms with van der Waals surface area (Å²) in [5.74, 6) is 0.628. The Labute approximate surface area is 93.2 Å². The molecule has 2 aromatic heterocycles. The molecule has 0 atom stereocenters. The smallest absolute Gasteiger partial charge is 0.102 e. The Bertz CT molecular complexity index is 560. The lowest BCUT2D eigenvalue weighted by Crippen LogP contribution is -1.99. The monoisotopic (exact) mass is 210 g/mol. The molecule has 16 heavy (non-hydrogen) atoms. The summed E-state index contributed by atoms with van der Waals surface area (Å²) in [7, 11) is 0. The van der Waals surface area contributed by atoms with Gasteiger partial charge in [-0.25, -0.2) is 4.68 Å². The van der Waals surface area contributed by atoms with Crippen LogP contribution in [-0.2, 0) is 0 Å². The van der Waals surface area contributed by atoms with Crippen molar-refractivity contribution in [2.45, 2.75) is 18.8 Å². The molecule has 2 heterocycles. The molecule has 4 heteroatoms. The number of nitriles is 1. The molecule has 0 unspecified atom stereocenters. The first-order valence-corrected chi connectivity index (χ1v) is 5.28. The third-order valence-electron chi connectivity index (χ3n) is 2.77. The highest BCUT2D eigenvalue weighted by Crippen LogP contribution is 2.39. The molecule has 1 aliphatic carbocycles. The van der Waals surface area contributed by atoms with Gasteiger partial charge in [0.05, 0.1) is 17.5 Å². The van der Waals surface area contributed by atoms with Crippen LogP contribution in [0.1, 0.15) is 30.0 Å². The molecule has 1 aliphatic rings. The quantitative estimate of drug-likeness (QED) is 0.761. The Morgan fingerprint density at radius 3 is 3.00 bits per heavy atom. The van der Waals surface area contributed by atoms with Gasteiger partial charge in [-0.1, -0.05) is 0 Å². The van der Waals surface area contributed by atoms with E-state index in [-0.39, 0.29) is 0 Å². The predicted octanol–water partition coefficient (Wildman–Crippen LogP) is 2.02. The summed E-state index contributed by atoms with van der Waals surface area (Å²) in [4.78, 5) is 4.03. The molecular weight excluding hydrogens is 200 g/mol. The van der Waals surface area contributed by atoms with Gasteiger partial charge in [0.25, 0.3) is 0 Å². The van der Waals surface area contributed by atoms with E-state index in [0.29, 0.717) is 11.5 Å². The van der Waals surface area contributed by atoms with Crippen LogP contribution in [0.4, 0.5) is 0 Å². The number of rotatable bonds is 2. The van der Waals surface area contributed by atoms with Crippen LogP contribution in [0.15, 0.2) is 30.7 Å². The SMILES string of the molecule is N#Cc1ccncc1-n1ccc(C2CC2)n1. The Hall–Kier alpha value is -2.15. The molecule has 0 radical (unpaired) electrons. The van der Waals surface area contributed by atoms with Gasteiger partial charge in [-0.05, 0) is 25.0 Å². The number of hydrogen-bond acceptors (Lipinski definition) is 3. The number of pyridine rings is 1. The maximum Gasteiger partial charge on any atom is 0.102 e. The minimum atomic E-state index is 0.598. The van der Waals surface area contributed by atoms with Crippen molar-refractivity contribution in [2.24, 2.45) is 0 Å². The van der Waals surface area contributed by atoms with Gasteiger partial charge in [0, 0.05) is 18.3 Å².